The number of amides is 3. The number of hydrazine groups is 1. The molecule has 1 saturated heterocycles. The first kappa shape index (κ1) is 23.9. The topological polar surface area (TPSA) is 85.5 Å². The number of hydrogen-bond acceptors (Lipinski definition) is 3. The average molecular weight is 434 g/mol. The van der Waals surface area contributed by atoms with Crippen molar-refractivity contribution in [3.63, 3.8) is 0 Å². The van der Waals surface area contributed by atoms with Crippen LogP contribution in [-0.4, -0.2) is 41.6 Å². The number of piperidine rings is 1. The number of anilines is 1. The van der Waals surface area contributed by atoms with Crippen LogP contribution in [0, 0.1) is 11.8 Å². The Labute approximate surface area is 185 Å². The minimum Gasteiger partial charge on any atom is -0.361 e. The highest BCUT2D eigenvalue weighted by Gasteiger charge is 2.28. The van der Waals surface area contributed by atoms with Crippen molar-refractivity contribution >= 4 is 35.0 Å². The van der Waals surface area contributed by atoms with E-state index in [2.05, 4.69) is 35.3 Å². The van der Waals surface area contributed by atoms with Crippen LogP contribution < -0.4 is 21.5 Å². The van der Waals surface area contributed by atoms with Crippen molar-refractivity contribution in [1.82, 2.24) is 21.1 Å². The van der Waals surface area contributed by atoms with E-state index in [1.54, 1.807) is 4.90 Å². The van der Waals surface area contributed by atoms with Crippen molar-refractivity contribution in [3.8, 4) is 0 Å². The van der Waals surface area contributed by atoms with Crippen LogP contribution >= 0.6 is 12.2 Å². The fourth-order valence-corrected chi connectivity index (χ4v) is 3.61. The Kier molecular flexibility index (Phi) is 10.4. The third kappa shape index (κ3) is 8.57. The molecule has 0 unspecified atom stereocenters. The lowest BCUT2D eigenvalue weighted by atomic mass is 9.98. The second kappa shape index (κ2) is 13.1. The molecular formula is C22H35N5O2S. The van der Waals surface area contributed by atoms with Crippen LogP contribution in [0.15, 0.2) is 30.3 Å². The molecular weight excluding hydrogens is 398 g/mol. The molecule has 1 aromatic rings. The average Bonchev–Trinajstić information content (AvgIpc) is 2.77. The molecule has 0 spiro atoms. The van der Waals surface area contributed by atoms with Gasteiger partial charge in [-0.1, -0.05) is 51.3 Å². The number of carbonyl (C=O) groups is 2. The Hall–Kier alpha value is -2.35. The Morgan fingerprint density at radius 1 is 1.20 bits per heavy atom. The largest absolute Gasteiger partial charge is 0.361 e. The van der Waals surface area contributed by atoms with E-state index >= 15 is 0 Å². The van der Waals surface area contributed by atoms with Gasteiger partial charge < -0.3 is 15.5 Å². The maximum Gasteiger partial charge on any atom is 0.321 e. The van der Waals surface area contributed by atoms with E-state index in [-0.39, 0.29) is 17.9 Å². The zero-order chi connectivity index (χ0) is 21.8. The quantitative estimate of drug-likeness (QED) is 0.286. The molecule has 8 heteroatoms. The summed E-state index contributed by atoms with van der Waals surface area (Å²) >= 11 is 5.25. The number of nitrogens with one attached hydrogen (secondary N) is 4. The highest BCUT2D eigenvalue weighted by molar-refractivity contribution is 7.80. The van der Waals surface area contributed by atoms with Crippen molar-refractivity contribution < 1.29 is 9.59 Å². The van der Waals surface area contributed by atoms with Crippen LogP contribution in [0.1, 0.15) is 52.4 Å². The van der Waals surface area contributed by atoms with E-state index in [0.29, 0.717) is 24.1 Å². The lowest BCUT2D eigenvalue weighted by Crippen LogP contribution is -2.52. The molecule has 30 heavy (non-hydrogen) atoms. The molecule has 1 aliphatic rings. The number of nitrogens with zero attached hydrogens (tertiary/aromatic N) is 1. The first-order chi connectivity index (χ1) is 14.5. The summed E-state index contributed by atoms with van der Waals surface area (Å²) in [7, 11) is 0. The fraction of sp³-hybridized carbons (Fsp3) is 0.591. The lowest BCUT2D eigenvalue weighted by molar-refractivity contribution is -0.126. The molecule has 7 nitrogen and oxygen atoms in total. The number of benzene rings is 1. The van der Waals surface area contributed by atoms with E-state index in [1.807, 2.05) is 30.3 Å². The van der Waals surface area contributed by atoms with Gasteiger partial charge in [-0.3, -0.25) is 15.6 Å². The molecule has 0 radical (unpaired) electrons. The summed E-state index contributed by atoms with van der Waals surface area (Å²) in [6, 6.07) is 9.15. The number of rotatable bonds is 8. The Morgan fingerprint density at radius 3 is 2.70 bits per heavy atom. The molecule has 0 saturated carbocycles. The number of likely N-dealkylation sites (tertiary alicyclic amines) is 1. The predicted molar refractivity (Wildman–Crippen MR) is 125 cm³/mol. The molecule has 0 bridgehead atoms. The summed E-state index contributed by atoms with van der Waals surface area (Å²) in [5, 5.41) is 6.45. The maximum atomic E-state index is 12.5. The first-order valence-corrected chi connectivity index (χ1v) is 11.3. The van der Waals surface area contributed by atoms with Gasteiger partial charge in [0, 0.05) is 25.3 Å². The van der Waals surface area contributed by atoms with Gasteiger partial charge >= 0.3 is 6.03 Å². The van der Waals surface area contributed by atoms with Crippen molar-refractivity contribution in [2.24, 2.45) is 11.8 Å². The summed E-state index contributed by atoms with van der Waals surface area (Å²) in [5.41, 5.74) is 6.22. The number of para-hydroxylation sites is 1. The van der Waals surface area contributed by atoms with E-state index in [9.17, 15) is 9.59 Å². The Bertz CT molecular complexity index is 685. The summed E-state index contributed by atoms with van der Waals surface area (Å²) in [6.45, 7) is 6.21. The molecule has 3 amide bonds. The van der Waals surface area contributed by atoms with Crippen LogP contribution in [-0.2, 0) is 4.79 Å². The van der Waals surface area contributed by atoms with Gasteiger partial charge in [0.25, 0.3) is 0 Å². The second-order valence-electron chi connectivity index (χ2n) is 8.01. The Balaban J connectivity index is 1.69. The Morgan fingerprint density at radius 2 is 1.97 bits per heavy atom. The number of unbranched alkanes of at least 4 members (excludes halogenated alkanes) is 2. The zero-order valence-corrected chi connectivity index (χ0v) is 18.9. The van der Waals surface area contributed by atoms with Gasteiger partial charge in [-0.2, -0.15) is 0 Å². The predicted octanol–water partition coefficient (Wildman–Crippen LogP) is 3.64. The van der Waals surface area contributed by atoms with E-state index in [4.69, 9.17) is 12.2 Å². The molecule has 2 atom stereocenters. The van der Waals surface area contributed by atoms with Crippen molar-refractivity contribution in [3.05, 3.63) is 30.3 Å². The van der Waals surface area contributed by atoms with Gasteiger partial charge in [0.05, 0.1) is 5.92 Å². The highest BCUT2D eigenvalue weighted by Crippen LogP contribution is 2.18. The number of hydrogen-bond donors (Lipinski definition) is 4. The standard InChI is InChI=1S/C22H35N5O2S/c1-3-4-6-10-17(2)15-23-21(30)26-25-20(28)18-11-9-14-27(16-18)22(29)24-19-12-7-5-8-13-19/h5,7-8,12-13,17-18H,3-4,6,9-11,14-16H2,1-2H3,(H,24,29)(H,25,28)(H2,23,26,30)/t17-,18+/m0/s1. The van der Waals surface area contributed by atoms with Gasteiger partial charge in [0.2, 0.25) is 5.91 Å². The summed E-state index contributed by atoms with van der Waals surface area (Å²) in [5.74, 6) is 0.123. The van der Waals surface area contributed by atoms with Crippen LogP contribution in [0.3, 0.4) is 0 Å². The maximum absolute atomic E-state index is 12.5. The smallest absolute Gasteiger partial charge is 0.321 e. The number of thiocarbonyl (C=S) groups is 1. The van der Waals surface area contributed by atoms with Crippen molar-refractivity contribution in [1.29, 1.82) is 0 Å². The van der Waals surface area contributed by atoms with Gasteiger partial charge in [-0.05, 0) is 49.5 Å². The molecule has 1 aromatic carbocycles. The molecule has 2 rings (SSSR count). The molecule has 4 N–H and O–H groups in total. The van der Waals surface area contributed by atoms with Crippen LogP contribution in [0.25, 0.3) is 0 Å². The van der Waals surface area contributed by atoms with Crippen LogP contribution in [0.2, 0.25) is 0 Å². The first-order valence-electron chi connectivity index (χ1n) is 10.9. The van der Waals surface area contributed by atoms with Gasteiger partial charge in [0.1, 0.15) is 0 Å². The van der Waals surface area contributed by atoms with Crippen molar-refractivity contribution in [2.75, 3.05) is 25.0 Å². The van der Waals surface area contributed by atoms with Gasteiger partial charge in [-0.25, -0.2) is 4.79 Å². The fourth-order valence-electron chi connectivity index (χ4n) is 3.48. The molecule has 1 heterocycles. The SMILES string of the molecule is CCCCC[C@H](C)CNC(=S)NNC(=O)[C@@H]1CCCN(C(=O)Nc2ccccc2)C1. The lowest BCUT2D eigenvalue weighted by Gasteiger charge is -2.32. The molecule has 0 aliphatic carbocycles. The van der Waals surface area contributed by atoms with Crippen LogP contribution in [0.5, 0.6) is 0 Å². The second-order valence-corrected chi connectivity index (χ2v) is 8.41. The molecule has 1 aliphatic heterocycles. The minimum absolute atomic E-state index is 0.146. The van der Waals surface area contributed by atoms with E-state index < -0.39 is 0 Å². The zero-order valence-electron chi connectivity index (χ0n) is 18.1. The number of urea groups is 1. The third-order valence-electron chi connectivity index (χ3n) is 5.32. The normalized spacial score (nSPS) is 17.0. The minimum atomic E-state index is -0.261. The van der Waals surface area contributed by atoms with Gasteiger partial charge in [0.15, 0.2) is 5.11 Å². The monoisotopic (exact) mass is 433 g/mol. The van der Waals surface area contributed by atoms with Crippen LogP contribution in [0.4, 0.5) is 10.5 Å². The van der Waals surface area contributed by atoms with Crippen molar-refractivity contribution in [2.45, 2.75) is 52.4 Å². The van der Waals surface area contributed by atoms with Gasteiger partial charge in [-0.15, -0.1) is 0 Å². The third-order valence-corrected chi connectivity index (χ3v) is 5.56. The summed E-state index contributed by atoms with van der Waals surface area (Å²) in [6.07, 6.45) is 6.41. The molecule has 1 fully saturated rings. The highest BCUT2D eigenvalue weighted by atomic mass is 32.1. The number of carbonyl (C=O) groups excluding carboxylic acids is 2. The van der Waals surface area contributed by atoms with E-state index in [0.717, 1.165) is 25.1 Å². The van der Waals surface area contributed by atoms with E-state index in [1.165, 1.54) is 25.7 Å². The summed E-state index contributed by atoms with van der Waals surface area (Å²) < 4.78 is 0. The molecule has 166 valence electrons. The molecule has 0 aromatic heterocycles. The summed E-state index contributed by atoms with van der Waals surface area (Å²) in [4.78, 5) is 26.7.